The molecule has 0 unspecified atom stereocenters. The molecule has 0 bridgehead atoms. The van der Waals surface area contributed by atoms with Crippen LogP contribution in [0.3, 0.4) is 0 Å². The number of thiophene rings is 1. The number of hydrogen-bond donors (Lipinski definition) is 2. The van der Waals surface area contributed by atoms with Crippen molar-refractivity contribution in [3.8, 4) is 5.75 Å². The van der Waals surface area contributed by atoms with Gasteiger partial charge in [-0.05, 0) is 43.7 Å². The molecule has 0 atom stereocenters. The van der Waals surface area contributed by atoms with Crippen LogP contribution in [0.2, 0.25) is 0 Å². The fraction of sp³-hybridized carbons (Fsp3) is 0.176. The number of ether oxygens (including phenoxy) is 1. The van der Waals surface area contributed by atoms with Crippen LogP contribution in [0.1, 0.15) is 26.4 Å². The average molecular weight is 409 g/mol. The van der Waals surface area contributed by atoms with E-state index in [0.29, 0.717) is 16.3 Å². The Morgan fingerprint density at radius 2 is 2.04 bits per heavy atom. The first-order valence-corrected chi connectivity index (χ1v) is 8.66. The number of hydrogen-bond acceptors (Lipinski definition) is 4. The van der Waals surface area contributed by atoms with Gasteiger partial charge in [0, 0.05) is 21.0 Å². The highest BCUT2D eigenvalue weighted by molar-refractivity contribution is 9.10. The molecule has 1 heterocycles. The maximum atomic E-state index is 12.2. The van der Waals surface area contributed by atoms with Gasteiger partial charge in [0.2, 0.25) is 5.91 Å². The van der Waals surface area contributed by atoms with E-state index in [9.17, 15) is 9.59 Å². The fourth-order valence-electron chi connectivity index (χ4n) is 2.17. The molecule has 1 aromatic heterocycles. The van der Waals surface area contributed by atoms with Crippen molar-refractivity contribution in [2.45, 2.75) is 13.8 Å². The summed E-state index contributed by atoms with van der Waals surface area (Å²) in [4.78, 5) is 24.7. The normalized spacial score (nSPS) is 10.8. The number of rotatable bonds is 5. The molecule has 0 fully saturated rings. The van der Waals surface area contributed by atoms with Crippen LogP contribution < -0.4 is 15.8 Å². The van der Waals surface area contributed by atoms with Crippen LogP contribution >= 0.6 is 27.3 Å². The summed E-state index contributed by atoms with van der Waals surface area (Å²) in [5.41, 5.74) is 7.31. The summed E-state index contributed by atoms with van der Waals surface area (Å²) in [5, 5.41) is 3.18. The monoisotopic (exact) mass is 408 g/mol. The number of halogens is 1. The van der Waals surface area contributed by atoms with Gasteiger partial charge in [-0.1, -0.05) is 15.9 Å². The predicted octanol–water partition coefficient (Wildman–Crippen LogP) is 3.89. The van der Waals surface area contributed by atoms with E-state index in [1.807, 2.05) is 26.0 Å². The van der Waals surface area contributed by atoms with Gasteiger partial charge in [-0.15, -0.1) is 11.3 Å². The quantitative estimate of drug-likeness (QED) is 0.736. The van der Waals surface area contributed by atoms with Gasteiger partial charge in [-0.2, -0.15) is 0 Å². The standard InChI is InChI=1S/C17H17BrN2O3S/c1-9-10(2)24-17(15(9)16(19)22)20-14(21)7-4-11-8-12(18)5-6-13(11)23-3/h4-8H,1-3H3,(H2,19,22)(H,20,21)/b7-4+. The highest BCUT2D eigenvalue weighted by Gasteiger charge is 2.18. The van der Waals surface area contributed by atoms with Gasteiger partial charge in [0.25, 0.3) is 5.91 Å². The largest absolute Gasteiger partial charge is 0.496 e. The second-order valence-electron chi connectivity index (χ2n) is 5.06. The van der Waals surface area contributed by atoms with Crippen LogP contribution in [0.5, 0.6) is 5.75 Å². The Hall–Kier alpha value is -2.12. The predicted molar refractivity (Wildman–Crippen MR) is 101 cm³/mol. The van der Waals surface area contributed by atoms with Crippen LogP contribution in [-0.2, 0) is 4.79 Å². The Bertz CT molecular complexity index is 827. The zero-order valence-corrected chi connectivity index (χ0v) is 15.9. The second-order valence-corrected chi connectivity index (χ2v) is 7.20. The molecule has 0 saturated heterocycles. The van der Waals surface area contributed by atoms with E-state index in [2.05, 4.69) is 21.2 Å². The lowest BCUT2D eigenvalue weighted by molar-refractivity contribution is -0.111. The summed E-state index contributed by atoms with van der Waals surface area (Å²) in [7, 11) is 1.57. The highest BCUT2D eigenvalue weighted by Crippen LogP contribution is 2.32. The summed E-state index contributed by atoms with van der Waals surface area (Å²) in [6, 6.07) is 5.50. The molecule has 0 radical (unpaired) electrons. The van der Waals surface area contributed by atoms with Crippen molar-refractivity contribution >= 4 is 50.2 Å². The van der Waals surface area contributed by atoms with E-state index in [1.54, 1.807) is 19.3 Å². The van der Waals surface area contributed by atoms with E-state index < -0.39 is 5.91 Å². The van der Waals surface area contributed by atoms with Gasteiger partial charge < -0.3 is 15.8 Å². The third-order valence-electron chi connectivity index (χ3n) is 3.47. The minimum atomic E-state index is -0.551. The average Bonchev–Trinajstić information content (AvgIpc) is 2.79. The van der Waals surface area contributed by atoms with Gasteiger partial charge in [-0.25, -0.2) is 0 Å². The lowest BCUT2D eigenvalue weighted by Gasteiger charge is -2.05. The molecule has 2 aromatic rings. The summed E-state index contributed by atoms with van der Waals surface area (Å²) in [5.74, 6) is -0.242. The van der Waals surface area contributed by atoms with Gasteiger partial charge in [0.15, 0.2) is 0 Å². The number of nitrogens with one attached hydrogen (secondary N) is 1. The van der Waals surface area contributed by atoms with E-state index >= 15 is 0 Å². The molecule has 2 amide bonds. The zero-order chi connectivity index (χ0) is 17.9. The SMILES string of the molecule is COc1ccc(Br)cc1/C=C/C(=O)Nc1sc(C)c(C)c1C(N)=O. The first kappa shape index (κ1) is 18.2. The van der Waals surface area contributed by atoms with Crippen LogP contribution in [0.15, 0.2) is 28.7 Å². The smallest absolute Gasteiger partial charge is 0.251 e. The van der Waals surface area contributed by atoms with E-state index in [0.717, 1.165) is 20.5 Å². The summed E-state index contributed by atoms with van der Waals surface area (Å²) in [6.07, 6.45) is 3.04. The molecule has 1 aromatic carbocycles. The van der Waals surface area contributed by atoms with E-state index in [-0.39, 0.29) is 5.91 Å². The molecule has 126 valence electrons. The molecule has 24 heavy (non-hydrogen) atoms. The molecule has 5 nitrogen and oxygen atoms in total. The molecule has 7 heteroatoms. The number of carbonyl (C=O) groups is 2. The molecular formula is C17H17BrN2O3S. The van der Waals surface area contributed by atoms with E-state index in [4.69, 9.17) is 10.5 Å². The molecule has 3 N–H and O–H groups in total. The van der Waals surface area contributed by atoms with Gasteiger partial charge in [-0.3, -0.25) is 9.59 Å². The van der Waals surface area contributed by atoms with Crippen LogP contribution in [0.4, 0.5) is 5.00 Å². The minimum absolute atomic E-state index is 0.347. The Labute approximate surface area is 152 Å². The zero-order valence-electron chi connectivity index (χ0n) is 13.5. The number of aryl methyl sites for hydroxylation is 1. The third kappa shape index (κ3) is 4.04. The summed E-state index contributed by atoms with van der Waals surface area (Å²) >= 11 is 4.71. The topological polar surface area (TPSA) is 81.4 Å². The Morgan fingerprint density at radius 1 is 1.33 bits per heavy atom. The third-order valence-corrected chi connectivity index (χ3v) is 5.09. The minimum Gasteiger partial charge on any atom is -0.496 e. The molecule has 2 rings (SSSR count). The Kier molecular flexibility index (Phi) is 5.80. The van der Waals surface area contributed by atoms with Crippen molar-refractivity contribution < 1.29 is 14.3 Å². The lowest BCUT2D eigenvalue weighted by Crippen LogP contribution is -2.16. The van der Waals surface area contributed by atoms with E-state index in [1.165, 1.54) is 17.4 Å². The fourth-order valence-corrected chi connectivity index (χ4v) is 3.61. The lowest BCUT2D eigenvalue weighted by atomic mass is 10.1. The molecule has 0 spiro atoms. The number of methoxy groups -OCH3 is 1. The Balaban J connectivity index is 2.22. The summed E-state index contributed by atoms with van der Waals surface area (Å²) < 4.78 is 6.14. The van der Waals surface area contributed by atoms with Crippen LogP contribution in [-0.4, -0.2) is 18.9 Å². The number of amides is 2. The molecule has 0 aliphatic rings. The molecule has 0 saturated carbocycles. The molecular weight excluding hydrogens is 392 g/mol. The number of primary amides is 1. The second kappa shape index (κ2) is 7.63. The van der Waals surface area contributed by atoms with Crippen molar-refractivity contribution in [2.24, 2.45) is 5.73 Å². The number of benzene rings is 1. The Morgan fingerprint density at radius 3 is 2.67 bits per heavy atom. The van der Waals surface area contributed by atoms with Crippen LogP contribution in [0.25, 0.3) is 6.08 Å². The molecule has 0 aliphatic heterocycles. The van der Waals surface area contributed by atoms with Crippen molar-refractivity contribution in [1.82, 2.24) is 0 Å². The maximum Gasteiger partial charge on any atom is 0.251 e. The highest BCUT2D eigenvalue weighted by atomic mass is 79.9. The van der Waals surface area contributed by atoms with Gasteiger partial charge >= 0.3 is 0 Å². The van der Waals surface area contributed by atoms with Crippen LogP contribution in [0, 0.1) is 13.8 Å². The van der Waals surface area contributed by atoms with Crippen molar-refractivity contribution in [3.05, 3.63) is 50.3 Å². The number of nitrogens with two attached hydrogens (primary N) is 1. The van der Waals surface area contributed by atoms with Crippen molar-refractivity contribution in [2.75, 3.05) is 12.4 Å². The first-order chi connectivity index (χ1) is 11.3. The van der Waals surface area contributed by atoms with Crippen molar-refractivity contribution in [1.29, 1.82) is 0 Å². The summed E-state index contributed by atoms with van der Waals surface area (Å²) in [6.45, 7) is 3.69. The molecule has 0 aliphatic carbocycles. The number of anilines is 1. The van der Waals surface area contributed by atoms with Gasteiger partial charge in [0.05, 0.1) is 12.7 Å². The number of carbonyl (C=O) groups excluding carboxylic acids is 2. The maximum absolute atomic E-state index is 12.2. The first-order valence-electron chi connectivity index (χ1n) is 7.06. The van der Waals surface area contributed by atoms with Crippen molar-refractivity contribution in [3.63, 3.8) is 0 Å². The van der Waals surface area contributed by atoms with Gasteiger partial charge in [0.1, 0.15) is 10.8 Å².